The second-order valence-electron chi connectivity index (χ2n) is 1.16. The van der Waals surface area contributed by atoms with Crippen LogP contribution in [0.3, 0.4) is 0 Å². The van der Waals surface area contributed by atoms with Crippen LogP contribution in [0.5, 0.6) is 0 Å². The zero-order valence-electron chi connectivity index (χ0n) is 3.94. The van der Waals surface area contributed by atoms with Crippen LogP contribution < -0.4 is 0 Å². The molecule has 0 aliphatic heterocycles. The molecule has 0 rings (SSSR count). The first kappa shape index (κ1) is 8.57. The van der Waals surface area contributed by atoms with Gasteiger partial charge in [-0.25, -0.2) is 0 Å². The van der Waals surface area contributed by atoms with E-state index < -0.39 is 6.10 Å². The van der Waals surface area contributed by atoms with Crippen LogP contribution in [0.15, 0.2) is 10.6 Å². The predicted octanol–water partition coefficient (Wildman–Crippen LogP) is 1.91. The molecule has 0 bridgehead atoms. The molecule has 0 aliphatic rings. The van der Waals surface area contributed by atoms with E-state index in [0.29, 0.717) is 0 Å². The number of aliphatic hydroxyl groups excluding tert-OH is 1. The number of hydrogen-bond donors (Lipinski definition) is 1. The summed E-state index contributed by atoms with van der Waals surface area (Å²) in [6.45, 7) is 0. The maximum absolute atomic E-state index is 8.71. The van der Waals surface area contributed by atoms with E-state index in [0.717, 1.165) is 5.54 Å². The fourth-order valence-corrected chi connectivity index (χ4v) is 0.614. The molecule has 0 amide bonds. The lowest BCUT2D eigenvalue weighted by Crippen LogP contribution is -2.06. The van der Waals surface area contributed by atoms with Crippen LogP contribution in [-0.4, -0.2) is 17.1 Å². The van der Waals surface area contributed by atoms with Gasteiger partial charge in [0.1, 0.15) is 6.10 Å². The number of alkyl halides is 1. The summed E-state index contributed by atoms with van der Waals surface area (Å²) in [5.74, 6) is 0.0715. The Labute approximate surface area is 62.8 Å². The second-order valence-corrected chi connectivity index (χ2v) is 2.13. The number of aliphatic hydroxyl groups is 1. The Hall–Kier alpha value is 0.570. The third-order valence-corrected chi connectivity index (χ3v) is 1.57. The maximum atomic E-state index is 8.71. The molecule has 0 radical (unpaired) electrons. The van der Waals surface area contributed by atoms with E-state index in [-0.39, 0.29) is 10.9 Å². The summed E-state index contributed by atoms with van der Waals surface area (Å²) in [5, 5.41) is 8.88. The molecular formula is C4H5Cl3O. The van der Waals surface area contributed by atoms with Gasteiger partial charge in [-0.15, -0.1) is 11.6 Å². The third kappa shape index (κ3) is 2.78. The smallest absolute Gasteiger partial charge is 0.104 e. The molecule has 0 aromatic heterocycles. The van der Waals surface area contributed by atoms with Crippen LogP contribution in [0.4, 0.5) is 0 Å². The van der Waals surface area contributed by atoms with E-state index in [4.69, 9.17) is 39.9 Å². The minimum Gasteiger partial charge on any atom is -0.386 e. The first-order valence-electron chi connectivity index (χ1n) is 1.92. The van der Waals surface area contributed by atoms with Gasteiger partial charge in [0.25, 0.3) is 0 Å². The Kier molecular flexibility index (Phi) is 4.77. The normalized spacial score (nSPS) is 16.2. The molecule has 0 aliphatic carbocycles. The van der Waals surface area contributed by atoms with Gasteiger partial charge in [0.15, 0.2) is 0 Å². The van der Waals surface area contributed by atoms with Gasteiger partial charge in [-0.05, 0) is 0 Å². The second kappa shape index (κ2) is 4.45. The molecule has 48 valence electrons. The first-order chi connectivity index (χ1) is 3.72. The minimum absolute atomic E-state index is 0.0715. The Bertz CT molecular complexity index is 91.3. The minimum atomic E-state index is -0.823. The summed E-state index contributed by atoms with van der Waals surface area (Å²) in [4.78, 5) is 0. The summed E-state index contributed by atoms with van der Waals surface area (Å²) in [6.07, 6.45) is -0.823. The first-order valence-corrected chi connectivity index (χ1v) is 3.27. The summed E-state index contributed by atoms with van der Waals surface area (Å²) in [6, 6.07) is 0. The Balaban J connectivity index is 3.63. The highest BCUT2D eigenvalue weighted by atomic mass is 35.5. The fourth-order valence-electron chi connectivity index (χ4n) is 0.146. The van der Waals surface area contributed by atoms with Crippen molar-refractivity contribution in [2.75, 3.05) is 5.88 Å². The van der Waals surface area contributed by atoms with E-state index in [1.54, 1.807) is 0 Å². The molecule has 0 aromatic rings. The molecule has 1 atom stereocenters. The van der Waals surface area contributed by atoms with Crippen LogP contribution in [0.25, 0.3) is 0 Å². The molecule has 0 saturated carbocycles. The summed E-state index contributed by atoms with van der Waals surface area (Å²) in [5.41, 5.74) is 1.09. The van der Waals surface area contributed by atoms with Crippen LogP contribution in [0.1, 0.15) is 0 Å². The summed E-state index contributed by atoms with van der Waals surface area (Å²) < 4.78 is 0. The summed E-state index contributed by atoms with van der Waals surface area (Å²) in [7, 11) is 0. The van der Waals surface area contributed by atoms with Gasteiger partial charge in [0, 0.05) is 5.54 Å². The van der Waals surface area contributed by atoms with Crippen molar-refractivity contribution in [3.05, 3.63) is 10.6 Å². The quantitative estimate of drug-likeness (QED) is 0.636. The number of rotatable bonds is 2. The standard InChI is InChI=1S/C4H5Cl3O/c5-1-3(7)4(8)2-6/h1,4,8H,2H2. The molecule has 0 heterocycles. The molecule has 1 unspecified atom stereocenters. The van der Waals surface area contributed by atoms with E-state index in [1.165, 1.54) is 0 Å². The van der Waals surface area contributed by atoms with Crippen LogP contribution in [-0.2, 0) is 0 Å². The molecule has 8 heavy (non-hydrogen) atoms. The van der Waals surface area contributed by atoms with Gasteiger partial charge >= 0.3 is 0 Å². The Morgan fingerprint density at radius 1 is 1.75 bits per heavy atom. The van der Waals surface area contributed by atoms with Crippen molar-refractivity contribution in [2.24, 2.45) is 0 Å². The van der Waals surface area contributed by atoms with Gasteiger partial charge in [0.05, 0.1) is 10.9 Å². The maximum Gasteiger partial charge on any atom is 0.104 e. The van der Waals surface area contributed by atoms with Gasteiger partial charge in [-0.1, -0.05) is 23.2 Å². The monoisotopic (exact) mass is 174 g/mol. The van der Waals surface area contributed by atoms with Gasteiger partial charge in [-0.2, -0.15) is 0 Å². The molecule has 0 fully saturated rings. The van der Waals surface area contributed by atoms with Gasteiger partial charge in [0.2, 0.25) is 0 Å². The number of halogens is 3. The van der Waals surface area contributed by atoms with E-state index >= 15 is 0 Å². The highest BCUT2D eigenvalue weighted by Crippen LogP contribution is 2.09. The lowest BCUT2D eigenvalue weighted by Gasteiger charge is -2.00. The van der Waals surface area contributed by atoms with E-state index in [9.17, 15) is 0 Å². The van der Waals surface area contributed by atoms with Crippen molar-refractivity contribution in [3.63, 3.8) is 0 Å². The zero-order chi connectivity index (χ0) is 6.57. The SMILES string of the molecule is OC(CCl)C(Cl)=CCl. The van der Waals surface area contributed by atoms with Gasteiger partial charge in [-0.3, -0.25) is 0 Å². The van der Waals surface area contributed by atoms with Crippen molar-refractivity contribution >= 4 is 34.8 Å². The lowest BCUT2D eigenvalue weighted by molar-refractivity contribution is 0.243. The molecular weight excluding hydrogens is 170 g/mol. The molecule has 1 nitrogen and oxygen atoms in total. The van der Waals surface area contributed by atoms with E-state index in [2.05, 4.69) is 0 Å². The largest absolute Gasteiger partial charge is 0.386 e. The van der Waals surface area contributed by atoms with E-state index in [1.807, 2.05) is 0 Å². The molecule has 0 aromatic carbocycles. The van der Waals surface area contributed by atoms with Crippen LogP contribution in [0, 0.1) is 0 Å². The number of hydrogen-bond acceptors (Lipinski definition) is 1. The van der Waals surface area contributed by atoms with Crippen LogP contribution in [0.2, 0.25) is 0 Å². The summed E-state index contributed by atoms with van der Waals surface area (Å²) >= 11 is 15.6. The molecule has 0 spiro atoms. The van der Waals surface area contributed by atoms with Crippen LogP contribution >= 0.6 is 34.8 Å². The lowest BCUT2D eigenvalue weighted by atomic mass is 10.4. The molecule has 4 heteroatoms. The van der Waals surface area contributed by atoms with Crippen molar-refractivity contribution in [1.29, 1.82) is 0 Å². The van der Waals surface area contributed by atoms with Crippen molar-refractivity contribution in [2.45, 2.75) is 6.10 Å². The van der Waals surface area contributed by atoms with Crippen molar-refractivity contribution < 1.29 is 5.11 Å². The van der Waals surface area contributed by atoms with Gasteiger partial charge < -0.3 is 5.11 Å². The van der Waals surface area contributed by atoms with Crippen molar-refractivity contribution in [1.82, 2.24) is 0 Å². The molecule has 0 saturated heterocycles. The Morgan fingerprint density at radius 3 is 2.38 bits per heavy atom. The van der Waals surface area contributed by atoms with Crippen molar-refractivity contribution in [3.8, 4) is 0 Å². The third-order valence-electron chi connectivity index (χ3n) is 0.569. The zero-order valence-corrected chi connectivity index (χ0v) is 6.21. The topological polar surface area (TPSA) is 20.2 Å². The average Bonchev–Trinajstić information content (AvgIpc) is 1.84. The highest BCUT2D eigenvalue weighted by Gasteiger charge is 2.03. The molecule has 1 N–H and O–H groups in total. The average molecular weight is 175 g/mol. The highest BCUT2D eigenvalue weighted by molar-refractivity contribution is 6.37. The predicted molar refractivity (Wildman–Crippen MR) is 36.5 cm³/mol. The Morgan fingerprint density at radius 2 is 2.25 bits per heavy atom. The fraction of sp³-hybridized carbons (Fsp3) is 0.500.